The molecule has 1 atom stereocenters. The van der Waals surface area contributed by atoms with Crippen LogP contribution in [-0.2, 0) is 9.59 Å². The zero-order valence-electron chi connectivity index (χ0n) is 16.6. The lowest BCUT2D eigenvalue weighted by Gasteiger charge is -2.48. The molecule has 1 spiro atoms. The maximum atomic E-state index is 13.3. The quantitative estimate of drug-likeness (QED) is 0.864. The summed E-state index contributed by atoms with van der Waals surface area (Å²) in [7, 11) is 0. The lowest BCUT2D eigenvalue weighted by Crippen LogP contribution is -2.53. The van der Waals surface area contributed by atoms with Crippen molar-refractivity contribution in [3.63, 3.8) is 0 Å². The predicted octanol–water partition coefficient (Wildman–Crippen LogP) is 2.65. The first kappa shape index (κ1) is 19.9. The van der Waals surface area contributed by atoms with Crippen molar-refractivity contribution in [2.75, 3.05) is 32.8 Å². The zero-order valence-corrected chi connectivity index (χ0v) is 16.6. The van der Waals surface area contributed by atoms with Gasteiger partial charge in [0.1, 0.15) is 0 Å². The molecule has 1 aromatic rings. The van der Waals surface area contributed by atoms with Crippen LogP contribution in [0.1, 0.15) is 51.0 Å². The van der Waals surface area contributed by atoms with Gasteiger partial charge >= 0.3 is 0 Å². The first-order valence-corrected chi connectivity index (χ1v) is 10.2. The van der Waals surface area contributed by atoms with E-state index >= 15 is 0 Å². The molecular weight excluding hydrogens is 340 g/mol. The Morgan fingerprint density at radius 2 is 1.81 bits per heavy atom. The molecule has 0 saturated carbocycles. The Balaban J connectivity index is 1.66. The van der Waals surface area contributed by atoms with Crippen LogP contribution in [0.5, 0.6) is 0 Å². The maximum absolute atomic E-state index is 13.3. The molecule has 3 rings (SSSR count). The van der Waals surface area contributed by atoms with Crippen LogP contribution in [0, 0.1) is 11.3 Å². The fourth-order valence-electron chi connectivity index (χ4n) is 4.71. The van der Waals surface area contributed by atoms with E-state index in [4.69, 9.17) is 0 Å². The van der Waals surface area contributed by atoms with Crippen molar-refractivity contribution in [2.24, 2.45) is 11.3 Å². The predicted molar refractivity (Wildman–Crippen MR) is 105 cm³/mol. The minimum absolute atomic E-state index is 0.0135. The van der Waals surface area contributed by atoms with Gasteiger partial charge in [0.05, 0.1) is 12.5 Å². The number of β-amino-alcohol motifs (C(OH)–C–C–N with tert-alkyl or cyclic N) is 1. The highest BCUT2D eigenvalue weighted by molar-refractivity contribution is 5.84. The molecular formula is C22H32N2O3. The van der Waals surface area contributed by atoms with Crippen LogP contribution in [-0.4, -0.2) is 59.5 Å². The van der Waals surface area contributed by atoms with Crippen molar-refractivity contribution in [1.29, 1.82) is 0 Å². The summed E-state index contributed by atoms with van der Waals surface area (Å²) in [6.07, 6.45) is 3.34. The van der Waals surface area contributed by atoms with Gasteiger partial charge in [-0.25, -0.2) is 0 Å². The van der Waals surface area contributed by atoms with Gasteiger partial charge in [-0.2, -0.15) is 0 Å². The molecule has 5 nitrogen and oxygen atoms in total. The van der Waals surface area contributed by atoms with Crippen LogP contribution in [0.15, 0.2) is 30.3 Å². The second-order valence-electron chi connectivity index (χ2n) is 8.50. The van der Waals surface area contributed by atoms with E-state index in [0.29, 0.717) is 13.0 Å². The number of hydrogen-bond donors (Lipinski definition) is 1. The first-order valence-electron chi connectivity index (χ1n) is 10.2. The normalized spacial score (nSPS) is 21.0. The van der Waals surface area contributed by atoms with Gasteiger partial charge in [-0.3, -0.25) is 9.59 Å². The Bertz CT molecular complexity index is 651. The van der Waals surface area contributed by atoms with Crippen LogP contribution in [0.3, 0.4) is 0 Å². The molecule has 1 aromatic carbocycles. The van der Waals surface area contributed by atoms with E-state index in [-0.39, 0.29) is 35.7 Å². The Morgan fingerprint density at radius 3 is 2.41 bits per heavy atom. The molecule has 27 heavy (non-hydrogen) atoms. The molecule has 1 N–H and O–H groups in total. The van der Waals surface area contributed by atoms with Crippen molar-refractivity contribution in [3.8, 4) is 0 Å². The number of aliphatic hydroxyl groups excluding tert-OH is 1. The fraction of sp³-hybridized carbons (Fsp3) is 0.636. The summed E-state index contributed by atoms with van der Waals surface area (Å²) < 4.78 is 0. The molecule has 2 heterocycles. The van der Waals surface area contributed by atoms with E-state index in [0.717, 1.165) is 44.5 Å². The van der Waals surface area contributed by atoms with Crippen molar-refractivity contribution < 1.29 is 14.7 Å². The number of rotatable bonds is 5. The number of likely N-dealkylation sites (tertiary alicyclic amines) is 2. The number of carbonyl (C=O) groups excluding carboxylic acids is 2. The Kier molecular flexibility index (Phi) is 6.20. The lowest BCUT2D eigenvalue weighted by atomic mass is 9.72. The van der Waals surface area contributed by atoms with E-state index < -0.39 is 0 Å². The summed E-state index contributed by atoms with van der Waals surface area (Å²) in [5.74, 6) is 0.532. The summed E-state index contributed by atoms with van der Waals surface area (Å²) >= 11 is 0. The Labute approximate surface area is 162 Å². The van der Waals surface area contributed by atoms with Gasteiger partial charge in [-0.15, -0.1) is 0 Å². The minimum Gasteiger partial charge on any atom is -0.395 e. The highest BCUT2D eigenvalue weighted by Crippen LogP contribution is 2.41. The topological polar surface area (TPSA) is 60.9 Å². The third kappa shape index (κ3) is 4.34. The summed E-state index contributed by atoms with van der Waals surface area (Å²) in [6.45, 7) is 6.90. The highest BCUT2D eigenvalue weighted by Gasteiger charge is 2.42. The van der Waals surface area contributed by atoms with E-state index in [2.05, 4.69) is 13.8 Å². The standard InChI is InChI=1S/C22H32N2O3/c1-17(2)20(18-6-4-3-5-7-18)21(27)23-12-10-22(11-13-23)9-8-19(26)24(16-22)14-15-25/h3-7,17,20,25H,8-16H2,1-2H3/t20-/m1/s1. The molecule has 2 amide bonds. The molecule has 148 valence electrons. The van der Waals surface area contributed by atoms with Gasteiger partial charge in [-0.05, 0) is 36.2 Å². The molecule has 2 fully saturated rings. The summed E-state index contributed by atoms with van der Waals surface area (Å²) in [6, 6.07) is 10.1. The third-order valence-electron chi connectivity index (χ3n) is 6.35. The van der Waals surface area contributed by atoms with Crippen molar-refractivity contribution in [2.45, 2.75) is 45.4 Å². The average molecular weight is 373 g/mol. The number of carbonyl (C=O) groups is 2. The molecule has 0 aliphatic carbocycles. The van der Waals surface area contributed by atoms with E-state index in [1.54, 1.807) is 0 Å². The van der Waals surface area contributed by atoms with Crippen molar-refractivity contribution in [1.82, 2.24) is 9.80 Å². The summed E-state index contributed by atoms with van der Waals surface area (Å²) in [5, 5.41) is 9.21. The van der Waals surface area contributed by atoms with Crippen LogP contribution in [0.2, 0.25) is 0 Å². The second-order valence-corrected chi connectivity index (χ2v) is 8.50. The molecule has 5 heteroatoms. The molecule has 2 aliphatic rings. The third-order valence-corrected chi connectivity index (χ3v) is 6.35. The molecule has 0 radical (unpaired) electrons. The number of aliphatic hydroxyl groups is 1. The van der Waals surface area contributed by atoms with Crippen LogP contribution in [0.4, 0.5) is 0 Å². The molecule has 0 unspecified atom stereocenters. The molecule has 2 aliphatic heterocycles. The Morgan fingerprint density at radius 1 is 1.15 bits per heavy atom. The van der Waals surface area contributed by atoms with Crippen molar-refractivity contribution >= 4 is 11.8 Å². The lowest BCUT2D eigenvalue weighted by molar-refractivity contribution is -0.143. The van der Waals surface area contributed by atoms with Crippen LogP contribution in [0.25, 0.3) is 0 Å². The zero-order chi connectivity index (χ0) is 19.4. The summed E-state index contributed by atoms with van der Waals surface area (Å²) in [5.41, 5.74) is 1.20. The first-order chi connectivity index (χ1) is 13.0. The number of piperidine rings is 2. The van der Waals surface area contributed by atoms with E-state index in [1.807, 2.05) is 40.1 Å². The Hall–Kier alpha value is -1.88. The van der Waals surface area contributed by atoms with Crippen LogP contribution >= 0.6 is 0 Å². The minimum atomic E-state index is -0.0981. The monoisotopic (exact) mass is 372 g/mol. The van der Waals surface area contributed by atoms with Gasteiger partial charge in [-0.1, -0.05) is 44.2 Å². The van der Waals surface area contributed by atoms with E-state index in [1.165, 1.54) is 0 Å². The molecule has 0 aromatic heterocycles. The van der Waals surface area contributed by atoms with Gasteiger partial charge in [0.15, 0.2) is 0 Å². The van der Waals surface area contributed by atoms with Gasteiger partial charge in [0.2, 0.25) is 11.8 Å². The van der Waals surface area contributed by atoms with Gasteiger partial charge in [0, 0.05) is 32.6 Å². The largest absolute Gasteiger partial charge is 0.395 e. The second kappa shape index (κ2) is 8.42. The summed E-state index contributed by atoms with van der Waals surface area (Å²) in [4.78, 5) is 29.1. The number of benzene rings is 1. The number of hydrogen-bond acceptors (Lipinski definition) is 3. The number of nitrogens with zero attached hydrogens (tertiary/aromatic N) is 2. The van der Waals surface area contributed by atoms with Crippen LogP contribution < -0.4 is 0 Å². The fourth-order valence-corrected chi connectivity index (χ4v) is 4.71. The molecule has 0 bridgehead atoms. The molecule has 2 saturated heterocycles. The van der Waals surface area contributed by atoms with Crippen molar-refractivity contribution in [3.05, 3.63) is 35.9 Å². The van der Waals surface area contributed by atoms with E-state index in [9.17, 15) is 14.7 Å². The van der Waals surface area contributed by atoms with Gasteiger partial charge in [0.25, 0.3) is 0 Å². The smallest absolute Gasteiger partial charge is 0.230 e. The van der Waals surface area contributed by atoms with Gasteiger partial charge < -0.3 is 14.9 Å². The average Bonchev–Trinajstić information content (AvgIpc) is 2.66. The SMILES string of the molecule is CC(C)[C@@H](C(=O)N1CCC2(CCC(=O)N(CCO)C2)CC1)c1ccccc1. The number of amides is 2. The maximum Gasteiger partial charge on any atom is 0.230 e. The highest BCUT2D eigenvalue weighted by atomic mass is 16.3.